The average molecular weight is 287 g/mol. The minimum absolute atomic E-state index is 0.160. The number of carboxylic acid groups (broad SMARTS) is 1. The molecule has 0 unspecified atom stereocenters. The predicted octanol–water partition coefficient (Wildman–Crippen LogP) is 1.68. The first-order chi connectivity index (χ1) is 9.97. The summed E-state index contributed by atoms with van der Waals surface area (Å²) in [5, 5.41) is 17.7. The highest BCUT2D eigenvalue weighted by molar-refractivity contribution is 5.80. The van der Waals surface area contributed by atoms with Crippen molar-refractivity contribution in [2.75, 3.05) is 20.1 Å². The van der Waals surface area contributed by atoms with Crippen LogP contribution in [0.5, 0.6) is 0 Å². The van der Waals surface area contributed by atoms with Crippen LogP contribution in [0.4, 0.5) is 4.79 Å². The first kappa shape index (κ1) is 16.2. The summed E-state index contributed by atoms with van der Waals surface area (Å²) in [6.07, 6.45) is 1.48. The van der Waals surface area contributed by atoms with Crippen LogP contribution in [0.3, 0.4) is 0 Å². The van der Waals surface area contributed by atoms with Crippen LogP contribution in [0.25, 0.3) is 0 Å². The topological polar surface area (TPSA) is 84.6 Å². The van der Waals surface area contributed by atoms with Crippen LogP contribution in [-0.4, -0.2) is 47.0 Å². The van der Waals surface area contributed by atoms with Crippen molar-refractivity contribution in [3.63, 3.8) is 0 Å². The third kappa shape index (κ3) is 4.99. The lowest BCUT2D eigenvalue weighted by Crippen LogP contribution is -2.43. The van der Waals surface area contributed by atoms with Crippen molar-refractivity contribution in [1.29, 1.82) is 5.26 Å². The molecule has 2 amide bonds. The summed E-state index contributed by atoms with van der Waals surface area (Å²) in [7, 11) is 1.58. The molecule has 1 N–H and O–H groups in total. The van der Waals surface area contributed by atoms with E-state index in [9.17, 15) is 9.59 Å². The molecule has 110 valence electrons. The number of nitrogens with zero attached hydrogens (tertiary/aromatic N) is 3. The van der Waals surface area contributed by atoms with Gasteiger partial charge < -0.3 is 14.9 Å². The second-order valence-corrected chi connectivity index (χ2v) is 4.51. The van der Waals surface area contributed by atoms with Crippen molar-refractivity contribution in [2.45, 2.75) is 6.54 Å². The average Bonchev–Trinajstić information content (AvgIpc) is 2.45. The van der Waals surface area contributed by atoms with E-state index in [1.807, 2.05) is 6.07 Å². The van der Waals surface area contributed by atoms with Crippen molar-refractivity contribution in [1.82, 2.24) is 9.80 Å². The van der Waals surface area contributed by atoms with Gasteiger partial charge in [-0.2, -0.15) is 5.26 Å². The number of urea groups is 1. The van der Waals surface area contributed by atoms with Gasteiger partial charge in [-0.15, -0.1) is 6.58 Å². The van der Waals surface area contributed by atoms with Gasteiger partial charge in [-0.05, 0) is 17.7 Å². The number of hydrogen-bond donors (Lipinski definition) is 1. The van der Waals surface area contributed by atoms with E-state index in [1.165, 1.54) is 15.9 Å². The number of carbonyl (C=O) groups excluding carboxylic acids is 1. The van der Waals surface area contributed by atoms with Crippen molar-refractivity contribution in [2.24, 2.45) is 0 Å². The van der Waals surface area contributed by atoms with Crippen molar-refractivity contribution in [3.8, 4) is 6.07 Å². The molecule has 1 aromatic rings. The molecule has 0 saturated carbocycles. The molecule has 0 atom stereocenters. The van der Waals surface area contributed by atoms with Crippen LogP contribution < -0.4 is 0 Å². The number of benzene rings is 1. The van der Waals surface area contributed by atoms with Crippen LogP contribution in [0.2, 0.25) is 0 Å². The number of amides is 2. The van der Waals surface area contributed by atoms with E-state index in [-0.39, 0.29) is 13.1 Å². The van der Waals surface area contributed by atoms with Gasteiger partial charge in [0.25, 0.3) is 0 Å². The maximum Gasteiger partial charge on any atom is 0.323 e. The van der Waals surface area contributed by atoms with Crippen LogP contribution in [-0.2, 0) is 11.3 Å². The van der Waals surface area contributed by atoms with E-state index in [2.05, 4.69) is 6.58 Å². The Bertz CT molecular complexity index is 578. The van der Waals surface area contributed by atoms with Gasteiger partial charge in [0.15, 0.2) is 0 Å². The molecule has 1 aromatic carbocycles. The SMILES string of the molecule is C=CCN(CC(=O)O)C(=O)N(C)Cc1cccc(C#N)c1. The van der Waals surface area contributed by atoms with E-state index < -0.39 is 12.0 Å². The Balaban J connectivity index is 2.78. The molecule has 0 spiro atoms. The molecule has 0 radical (unpaired) electrons. The number of carboxylic acids is 1. The summed E-state index contributed by atoms with van der Waals surface area (Å²) >= 11 is 0. The van der Waals surface area contributed by atoms with Gasteiger partial charge in [0.05, 0.1) is 11.6 Å². The summed E-state index contributed by atoms with van der Waals surface area (Å²) in [6.45, 7) is 3.59. The van der Waals surface area contributed by atoms with Crippen molar-refractivity contribution in [3.05, 3.63) is 48.0 Å². The second-order valence-electron chi connectivity index (χ2n) is 4.51. The number of nitriles is 1. The minimum Gasteiger partial charge on any atom is -0.480 e. The minimum atomic E-state index is -1.08. The molecule has 0 aliphatic carbocycles. The lowest BCUT2D eigenvalue weighted by molar-refractivity contribution is -0.137. The highest BCUT2D eigenvalue weighted by Crippen LogP contribution is 2.08. The maximum absolute atomic E-state index is 12.2. The molecule has 0 aliphatic rings. The van der Waals surface area contributed by atoms with Crippen LogP contribution in [0, 0.1) is 11.3 Å². The Morgan fingerprint density at radius 3 is 2.76 bits per heavy atom. The summed E-state index contributed by atoms with van der Waals surface area (Å²) in [5.41, 5.74) is 1.32. The van der Waals surface area contributed by atoms with Crippen LogP contribution >= 0.6 is 0 Å². The predicted molar refractivity (Wildman–Crippen MR) is 77.4 cm³/mol. The molecular formula is C15H17N3O3. The van der Waals surface area contributed by atoms with E-state index in [1.54, 1.807) is 31.3 Å². The fourth-order valence-corrected chi connectivity index (χ4v) is 1.85. The van der Waals surface area contributed by atoms with E-state index in [4.69, 9.17) is 10.4 Å². The van der Waals surface area contributed by atoms with Gasteiger partial charge in [-0.1, -0.05) is 18.2 Å². The number of hydrogen-bond acceptors (Lipinski definition) is 3. The highest BCUT2D eigenvalue weighted by Gasteiger charge is 2.19. The molecule has 0 bridgehead atoms. The molecular weight excluding hydrogens is 270 g/mol. The zero-order valence-electron chi connectivity index (χ0n) is 11.8. The third-order valence-electron chi connectivity index (χ3n) is 2.75. The van der Waals surface area contributed by atoms with Crippen molar-refractivity contribution < 1.29 is 14.7 Å². The second kappa shape index (κ2) is 7.70. The lowest BCUT2D eigenvalue weighted by Gasteiger charge is -2.26. The molecule has 0 heterocycles. The standard InChI is InChI=1S/C15H17N3O3/c1-3-7-18(11-14(19)20)15(21)17(2)10-13-6-4-5-12(8-13)9-16/h3-6,8H,1,7,10-11H2,2H3,(H,19,20). The molecule has 6 heteroatoms. The summed E-state index contributed by atoms with van der Waals surface area (Å²) in [5.74, 6) is -1.08. The third-order valence-corrected chi connectivity index (χ3v) is 2.75. The van der Waals surface area contributed by atoms with Gasteiger partial charge in [0.2, 0.25) is 0 Å². The smallest absolute Gasteiger partial charge is 0.323 e. The zero-order chi connectivity index (χ0) is 15.8. The van der Waals surface area contributed by atoms with Gasteiger partial charge in [-0.3, -0.25) is 4.79 Å². The Morgan fingerprint density at radius 1 is 1.48 bits per heavy atom. The normalized spacial score (nSPS) is 9.52. The first-order valence-corrected chi connectivity index (χ1v) is 6.29. The van der Waals surface area contributed by atoms with Gasteiger partial charge in [0.1, 0.15) is 6.54 Å². The fraction of sp³-hybridized carbons (Fsp3) is 0.267. The van der Waals surface area contributed by atoms with Gasteiger partial charge >= 0.3 is 12.0 Å². The molecule has 0 aliphatic heterocycles. The number of rotatable bonds is 6. The molecule has 1 rings (SSSR count). The number of aliphatic carboxylic acids is 1. The monoisotopic (exact) mass is 287 g/mol. The van der Waals surface area contributed by atoms with Crippen LogP contribution in [0.15, 0.2) is 36.9 Å². The molecule has 0 aromatic heterocycles. The quantitative estimate of drug-likeness (QED) is 0.807. The molecule has 21 heavy (non-hydrogen) atoms. The van der Waals surface area contributed by atoms with E-state index in [0.29, 0.717) is 12.1 Å². The van der Waals surface area contributed by atoms with Crippen molar-refractivity contribution >= 4 is 12.0 Å². The molecule has 0 saturated heterocycles. The number of carbonyl (C=O) groups is 2. The Morgan fingerprint density at radius 2 is 2.19 bits per heavy atom. The van der Waals surface area contributed by atoms with E-state index in [0.717, 1.165) is 5.56 Å². The highest BCUT2D eigenvalue weighted by atomic mass is 16.4. The van der Waals surface area contributed by atoms with Gasteiger partial charge in [-0.25, -0.2) is 4.79 Å². The summed E-state index contributed by atoms with van der Waals surface area (Å²) in [4.78, 5) is 25.6. The van der Waals surface area contributed by atoms with Gasteiger partial charge in [0, 0.05) is 20.1 Å². The Hall–Kier alpha value is -2.81. The lowest BCUT2D eigenvalue weighted by atomic mass is 10.1. The molecule has 6 nitrogen and oxygen atoms in total. The Kier molecular flexibility index (Phi) is 5.96. The zero-order valence-corrected chi connectivity index (χ0v) is 11.8. The summed E-state index contributed by atoms with van der Waals surface area (Å²) in [6, 6.07) is 8.55. The maximum atomic E-state index is 12.2. The van der Waals surface area contributed by atoms with Crippen LogP contribution in [0.1, 0.15) is 11.1 Å². The largest absolute Gasteiger partial charge is 0.480 e. The van der Waals surface area contributed by atoms with E-state index >= 15 is 0 Å². The Labute approximate surface area is 123 Å². The summed E-state index contributed by atoms with van der Waals surface area (Å²) < 4.78 is 0. The first-order valence-electron chi connectivity index (χ1n) is 6.29. The fourth-order valence-electron chi connectivity index (χ4n) is 1.85. The molecule has 0 fully saturated rings.